The smallest absolute Gasteiger partial charge is 0.306 e. The van der Waals surface area contributed by atoms with Crippen molar-refractivity contribution in [2.75, 3.05) is 0 Å². The topological polar surface area (TPSA) is 63.3 Å². The van der Waals surface area contributed by atoms with Gasteiger partial charge >= 0.3 is 5.97 Å². The van der Waals surface area contributed by atoms with Crippen LogP contribution in [0.5, 0.6) is 0 Å². The molecule has 0 fully saturated rings. The van der Waals surface area contributed by atoms with E-state index in [9.17, 15) is 9.18 Å². The number of carboxylic acid groups (broad SMARTS) is 1. The largest absolute Gasteiger partial charge is 0.481 e. The average Bonchev–Trinajstić information content (AvgIpc) is 2.63. The van der Waals surface area contributed by atoms with Crippen LogP contribution in [0.25, 0.3) is 10.9 Å². The fourth-order valence-corrected chi connectivity index (χ4v) is 1.50. The third-order valence-electron chi connectivity index (χ3n) is 2.45. The van der Waals surface area contributed by atoms with E-state index >= 15 is 0 Å². The van der Waals surface area contributed by atoms with Gasteiger partial charge in [-0.15, -0.1) is 0 Å². The molecule has 0 bridgehead atoms. The van der Waals surface area contributed by atoms with Crippen LogP contribution in [0.2, 0.25) is 0 Å². The fraction of sp³-hybridized carbons (Fsp3) is 0.273. The Morgan fingerprint density at radius 1 is 1.62 bits per heavy atom. The second-order valence-electron chi connectivity index (χ2n) is 3.69. The summed E-state index contributed by atoms with van der Waals surface area (Å²) in [6.07, 6.45) is 0.204. The van der Waals surface area contributed by atoms with Crippen LogP contribution in [-0.4, -0.2) is 16.2 Å². The summed E-state index contributed by atoms with van der Waals surface area (Å²) in [4.78, 5) is 10.7. The van der Waals surface area contributed by atoms with Gasteiger partial charge in [0.05, 0.1) is 5.92 Å². The van der Waals surface area contributed by atoms with Crippen LogP contribution in [0.4, 0.5) is 4.39 Å². The Bertz CT molecular complexity index is 535. The minimum absolute atomic E-state index is 0.148. The van der Waals surface area contributed by atoms with Gasteiger partial charge < -0.3 is 9.63 Å². The van der Waals surface area contributed by atoms with Crippen molar-refractivity contribution < 1.29 is 18.8 Å². The highest BCUT2D eigenvalue weighted by Gasteiger charge is 2.18. The molecule has 0 aliphatic carbocycles. The quantitative estimate of drug-likeness (QED) is 0.866. The first-order valence-corrected chi connectivity index (χ1v) is 4.85. The van der Waals surface area contributed by atoms with Crippen LogP contribution >= 0.6 is 0 Å². The zero-order valence-corrected chi connectivity index (χ0v) is 8.61. The third-order valence-corrected chi connectivity index (χ3v) is 2.45. The summed E-state index contributed by atoms with van der Waals surface area (Å²) < 4.78 is 18.2. The number of benzene rings is 1. The summed E-state index contributed by atoms with van der Waals surface area (Å²) >= 11 is 0. The van der Waals surface area contributed by atoms with Crippen molar-refractivity contribution in [1.29, 1.82) is 0 Å². The number of aromatic nitrogens is 1. The van der Waals surface area contributed by atoms with Gasteiger partial charge in [0.2, 0.25) is 0 Å². The molecule has 0 aliphatic heterocycles. The molecule has 0 amide bonds. The van der Waals surface area contributed by atoms with Crippen molar-refractivity contribution in [2.24, 2.45) is 5.92 Å². The Hall–Kier alpha value is -1.91. The lowest BCUT2D eigenvalue weighted by Gasteiger charge is -2.01. The maximum absolute atomic E-state index is 13.3. The molecule has 1 unspecified atom stereocenters. The highest BCUT2D eigenvalue weighted by Crippen LogP contribution is 2.22. The van der Waals surface area contributed by atoms with Crippen molar-refractivity contribution >= 4 is 16.9 Å². The zero-order valence-electron chi connectivity index (χ0n) is 8.61. The highest BCUT2D eigenvalue weighted by atomic mass is 19.1. The molecule has 1 N–H and O–H groups in total. The van der Waals surface area contributed by atoms with E-state index in [1.807, 2.05) is 0 Å². The first kappa shape index (κ1) is 10.6. The van der Waals surface area contributed by atoms with Crippen LogP contribution in [0.3, 0.4) is 0 Å². The predicted molar refractivity (Wildman–Crippen MR) is 54.5 cm³/mol. The zero-order chi connectivity index (χ0) is 11.7. The second-order valence-corrected chi connectivity index (χ2v) is 3.69. The van der Waals surface area contributed by atoms with E-state index in [4.69, 9.17) is 9.63 Å². The lowest BCUT2D eigenvalue weighted by molar-refractivity contribution is -0.141. The van der Waals surface area contributed by atoms with E-state index in [-0.39, 0.29) is 11.9 Å². The Morgan fingerprint density at radius 3 is 3.06 bits per heavy atom. The van der Waals surface area contributed by atoms with Crippen LogP contribution in [0.15, 0.2) is 22.7 Å². The minimum atomic E-state index is -0.916. The SMILES string of the molecule is CC(Cc1onc2c(F)cccc12)C(=O)O. The van der Waals surface area contributed by atoms with Crippen molar-refractivity contribution in [3.63, 3.8) is 0 Å². The van der Waals surface area contributed by atoms with Crippen LogP contribution in [0.1, 0.15) is 12.7 Å². The standard InChI is InChI=1S/C11H10FNO3/c1-6(11(14)15)5-9-7-3-2-4-8(12)10(7)13-16-9/h2-4,6H,5H2,1H3,(H,14,15). The normalized spacial score (nSPS) is 12.9. The molecule has 0 aliphatic rings. The molecular weight excluding hydrogens is 213 g/mol. The lowest BCUT2D eigenvalue weighted by Crippen LogP contribution is -2.11. The molecular formula is C11H10FNO3. The van der Waals surface area contributed by atoms with Gasteiger partial charge in [0, 0.05) is 11.8 Å². The summed E-state index contributed by atoms with van der Waals surface area (Å²) in [5, 5.41) is 12.9. The number of halogens is 1. The monoisotopic (exact) mass is 223 g/mol. The molecule has 1 atom stereocenters. The second kappa shape index (κ2) is 3.92. The van der Waals surface area contributed by atoms with Crippen LogP contribution < -0.4 is 0 Å². The number of carboxylic acids is 1. The Morgan fingerprint density at radius 2 is 2.38 bits per heavy atom. The summed E-state index contributed by atoms with van der Waals surface area (Å²) in [5.41, 5.74) is 0.148. The maximum atomic E-state index is 13.3. The molecule has 1 aromatic heterocycles. The number of carbonyl (C=O) groups is 1. The van der Waals surface area contributed by atoms with E-state index in [2.05, 4.69) is 5.16 Å². The molecule has 0 radical (unpaired) electrons. The van der Waals surface area contributed by atoms with E-state index in [0.717, 1.165) is 0 Å². The molecule has 5 heteroatoms. The van der Waals surface area contributed by atoms with Gasteiger partial charge in [-0.2, -0.15) is 0 Å². The van der Waals surface area contributed by atoms with E-state index in [0.29, 0.717) is 11.1 Å². The number of rotatable bonds is 3. The van der Waals surface area contributed by atoms with Crippen molar-refractivity contribution in [1.82, 2.24) is 5.16 Å². The van der Waals surface area contributed by atoms with E-state index in [1.54, 1.807) is 19.1 Å². The van der Waals surface area contributed by atoms with Crippen LogP contribution in [-0.2, 0) is 11.2 Å². The molecule has 0 saturated carbocycles. The molecule has 16 heavy (non-hydrogen) atoms. The molecule has 0 saturated heterocycles. The summed E-state index contributed by atoms with van der Waals surface area (Å²) in [6.45, 7) is 1.57. The summed E-state index contributed by atoms with van der Waals surface area (Å²) in [5.74, 6) is -1.56. The van der Waals surface area contributed by atoms with Gasteiger partial charge in [-0.1, -0.05) is 18.1 Å². The maximum Gasteiger partial charge on any atom is 0.306 e. The Labute approximate surface area is 90.7 Å². The summed E-state index contributed by atoms with van der Waals surface area (Å²) in [6, 6.07) is 4.50. The molecule has 2 rings (SSSR count). The number of aliphatic carboxylic acids is 1. The first-order chi connectivity index (χ1) is 7.59. The average molecular weight is 223 g/mol. The number of fused-ring (bicyclic) bond motifs is 1. The molecule has 2 aromatic rings. The van der Waals surface area contributed by atoms with Gasteiger partial charge in [-0.3, -0.25) is 4.79 Å². The van der Waals surface area contributed by atoms with Crippen molar-refractivity contribution in [3.8, 4) is 0 Å². The van der Waals surface area contributed by atoms with E-state index in [1.165, 1.54) is 6.07 Å². The van der Waals surface area contributed by atoms with Gasteiger partial charge in [0.15, 0.2) is 5.82 Å². The third kappa shape index (κ3) is 1.76. The fourth-order valence-electron chi connectivity index (χ4n) is 1.50. The van der Waals surface area contributed by atoms with Gasteiger partial charge in [-0.25, -0.2) is 4.39 Å². The lowest BCUT2D eigenvalue weighted by atomic mass is 10.0. The predicted octanol–water partition coefficient (Wildman–Crippen LogP) is 2.23. The summed E-state index contributed by atoms with van der Waals surface area (Å²) in [7, 11) is 0. The van der Waals surface area contributed by atoms with Gasteiger partial charge in [0.25, 0.3) is 0 Å². The Balaban J connectivity index is 2.39. The first-order valence-electron chi connectivity index (χ1n) is 4.85. The molecule has 1 heterocycles. The van der Waals surface area contributed by atoms with Gasteiger partial charge in [0.1, 0.15) is 11.3 Å². The molecule has 4 nitrogen and oxygen atoms in total. The van der Waals surface area contributed by atoms with Crippen LogP contribution in [0, 0.1) is 11.7 Å². The Kier molecular flexibility index (Phi) is 2.60. The number of hydrogen-bond donors (Lipinski definition) is 1. The van der Waals surface area contributed by atoms with E-state index < -0.39 is 17.7 Å². The number of hydrogen-bond acceptors (Lipinski definition) is 3. The van der Waals surface area contributed by atoms with Crippen molar-refractivity contribution in [3.05, 3.63) is 29.8 Å². The highest BCUT2D eigenvalue weighted by molar-refractivity contribution is 5.81. The molecule has 1 aromatic carbocycles. The van der Waals surface area contributed by atoms with Crippen molar-refractivity contribution in [2.45, 2.75) is 13.3 Å². The molecule has 84 valence electrons. The van der Waals surface area contributed by atoms with Gasteiger partial charge in [-0.05, 0) is 12.1 Å². The minimum Gasteiger partial charge on any atom is -0.481 e. The number of nitrogens with zero attached hydrogens (tertiary/aromatic N) is 1. The molecule has 0 spiro atoms.